The van der Waals surface area contributed by atoms with Crippen molar-refractivity contribution in [1.29, 1.82) is 0 Å². The number of ether oxygens (including phenoxy) is 1. The summed E-state index contributed by atoms with van der Waals surface area (Å²) in [5, 5.41) is 18.9. The number of nitro groups is 1. The smallest absolute Gasteiger partial charge is 0.293 e. The van der Waals surface area contributed by atoms with Crippen LogP contribution < -0.4 is 20.3 Å². The summed E-state index contributed by atoms with van der Waals surface area (Å²) >= 11 is 0. The zero-order valence-electron chi connectivity index (χ0n) is 30.9. The molecule has 12 nitrogen and oxygen atoms in total. The number of hydrogen-bond acceptors (Lipinski definition) is 10. The highest BCUT2D eigenvalue weighted by Crippen LogP contribution is 2.61. The molecule has 13 heteroatoms. The van der Waals surface area contributed by atoms with E-state index >= 15 is 0 Å². The molecule has 1 amide bonds. The maximum atomic E-state index is 13.2. The first kappa shape index (κ1) is 37.1. The van der Waals surface area contributed by atoms with Crippen LogP contribution in [0.3, 0.4) is 0 Å². The van der Waals surface area contributed by atoms with E-state index in [4.69, 9.17) is 4.74 Å². The summed E-state index contributed by atoms with van der Waals surface area (Å²) in [6, 6.07) is 19.7. The van der Waals surface area contributed by atoms with E-state index in [1.807, 2.05) is 12.1 Å². The third-order valence-corrected chi connectivity index (χ3v) is 13.9. The van der Waals surface area contributed by atoms with Crippen molar-refractivity contribution in [2.75, 3.05) is 61.5 Å². The first-order chi connectivity index (χ1) is 25.4. The molecular weight excluding hydrogens is 693 g/mol. The largest absolute Gasteiger partial charge is 0.382 e. The predicted molar refractivity (Wildman–Crippen MR) is 207 cm³/mol. The Labute approximate surface area is 312 Å². The van der Waals surface area contributed by atoms with Gasteiger partial charge in [-0.05, 0) is 103 Å². The van der Waals surface area contributed by atoms with Crippen molar-refractivity contribution in [2.45, 2.75) is 63.9 Å². The fourth-order valence-electron chi connectivity index (χ4n) is 8.99. The van der Waals surface area contributed by atoms with Crippen LogP contribution in [0.4, 0.5) is 22.7 Å². The van der Waals surface area contributed by atoms with Gasteiger partial charge >= 0.3 is 0 Å². The number of anilines is 3. The van der Waals surface area contributed by atoms with Gasteiger partial charge in [0.05, 0.1) is 9.82 Å². The molecule has 284 valence electrons. The van der Waals surface area contributed by atoms with Gasteiger partial charge in [-0.2, -0.15) is 0 Å². The highest BCUT2D eigenvalue weighted by atomic mass is 32.2. The fourth-order valence-corrected chi connectivity index (χ4v) is 9.99. The SMILES string of the molecule is C[C@H]1[C@@H](Nc2ccccc2CN2CCN(c3ccc(C(=O)NS(=O)(=O)c4ccc(NCC5CCOCC5)c([N+](=O)[O-])c4)cc3)CC2)C[C@H]2C[C@H]1C2(C)C. The summed E-state index contributed by atoms with van der Waals surface area (Å²) in [5.41, 5.74) is 4.03. The summed E-state index contributed by atoms with van der Waals surface area (Å²) in [4.78, 5) is 28.6. The van der Waals surface area contributed by atoms with Gasteiger partial charge in [0.15, 0.2) is 0 Å². The molecule has 4 atom stereocenters. The lowest BCUT2D eigenvalue weighted by Gasteiger charge is -2.62. The summed E-state index contributed by atoms with van der Waals surface area (Å²) in [6.07, 6.45) is 4.31. The van der Waals surface area contributed by atoms with E-state index in [2.05, 4.69) is 70.2 Å². The van der Waals surface area contributed by atoms with Gasteiger partial charge in [0.1, 0.15) is 5.69 Å². The summed E-state index contributed by atoms with van der Waals surface area (Å²) in [6.45, 7) is 13.4. The van der Waals surface area contributed by atoms with E-state index in [0.29, 0.717) is 43.1 Å². The molecule has 2 aliphatic heterocycles. The molecule has 0 spiro atoms. The summed E-state index contributed by atoms with van der Waals surface area (Å²) < 4.78 is 33.7. The molecule has 3 aromatic carbocycles. The quantitative estimate of drug-likeness (QED) is 0.142. The number of piperazine rings is 1. The lowest BCUT2D eigenvalue weighted by Crippen LogP contribution is -2.58. The number of fused-ring (bicyclic) bond motifs is 2. The third-order valence-electron chi connectivity index (χ3n) is 12.6. The number of carbonyl (C=O) groups is 1. The molecule has 2 heterocycles. The monoisotopic (exact) mass is 744 g/mol. The Bertz CT molecular complexity index is 1910. The van der Waals surface area contributed by atoms with Crippen LogP contribution in [-0.4, -0.2) is 76.1 Å². The van der Waals surface area contributed by atoms with Crippen LogP contribution in [0, 0.1) is 39.2 Å². The molecule has 3 aliphatic carbocycles. The number of carbonyl (C=O) groups excluding carboxylic acids is 1. The van der Waals surface area contributed by atoms with Crippen LogP contribution in [0.25, 0.3) is 0 Å². The minimum Gasteiger partial charge on any atom is -0.382 e. The maximum Gasteiger partial charge on any atom is 0.293 e. The second-order valence-corrected chi connectivity index (χ2v) is 17.7. The average molecular weight is 745 g/mol. The number of sulfonamides is 1. The third kappa shape index (κ3) is 8.02. The number of hydrogen-bond donors (Lipinski definition) is 3. The van der Waals surface area contributed by atoms with Crippen LogP contribution in [0.1, 0.15) is 62.4 Å². The molecule has 0 radical (unpaired) electrons. The van der Waals surface area contributed by atoms with Gasteiger partial charge in [-0.3, -0.25) is 19.8 Å². The van der Waals surface area contributed by atoms with E-state index in [-0.39, 0.29) is 21.8 Å². The Morgan fingerprint density at radius 3 is 2.36 bits per heavy atom. The maximum absolute atomic E-state index is 13.2. The molecule has 3 N–H and O–H groups in total. The van der Waals surface area contributed by atoms with Crippen molar-refractivity contribution < 1.29 is 22.9 Å². The van der Waals surface area contributed by atoms with E-state index < -0.39 is 20.9 Å². The Balaban J connectivity index is 0.916. The van der Waals surface area contributed by atoms with Crippen molar-refractivity contribution in [2.24, 2.45) is 29.1 Å². The first-order valence-electron chi connectivity index (χ1n) is 19.0. The summed E-state index contributed by atoms with van der Waals surface area (Å²) in [7, 11) is -4.37. The van der Waals surface area contributed by atoms with Crippen LogP contribution in [0.2, 0.25) is 0 Å². The Morgan fingerprint density at radius 2 is 1.68 bits per heavy atom. The fraction of sp³-hybridized carbons (Fsp3) is 0.525. The van der Waals surface area contributed by atoms with Crippen molar-refractivity contribution in [1.82, 2.24) is 9.62 Å². The minimum absolute atomic E-state index is 0.178. The zero-order chi connectivity index (χ0) is 37.3. The van der Waals surface area contributed by atoms with E-state index in [9.17, 15) is 23.3 Å². The predicted octanol–water partition coefficient (Wildman–Crippen LogP) is 6.36. The highest BCUT2D eigenvalue weighted by molar-refractivity contribution is 7.90. The molecule has 0 unspecified atom stereocenters. The van der Waals surface area contributed by atoms with Gasteiger partial charge in [-0.15, -0.1) is 0 Å². The number of para-hydroxylation sites is 1. The standard InChI is InChI=1S/C40H52N6O6S/c1-27-34-22-31(40(34,2)3)23-37(27)42-35-7-5-4-6-30(35)26-44-16-18-45(19-17-44)32-10-8-29(9-11-32)39(47)43-53(50,51)33-12-13-36(38(24-33)46(48)49)41-25-28-14-20-52-21-15-28/h4-13,24,27-28,31,34,37,41-42H,14-23,25-26H2,1-3H3,(H,43,47)/t27-,31-,34-,37+/m1/s1. The Kier molecular flexibility index (Phi) is 10.7. The van der Waals surface area contributed by atoms with Gasteiger partial charge in [-0.25, -0.2) is 13.1 Å². The van der Waals surface area contributed by atoms with E-state index in [0.717, 1.165) is 69.2 Å². The molecule has 53 heavy (non-hydrogen) atoms. The molecule has 2 bridgehead atoms. The molecule has 0 aromatic heterocycles. The number of amides is 1. The number of nitrogens with one attached hydrogen (secondary N) is 3. The van der Waals surface area contributed by atoms with Crippen molar-refractivity contribution in [3.8, 4) is 0 Å². The summed E-state index contributed by atoms with van der Waals surface area (Å²) in [5.74, 6) is 1.76. The lowest BCUT2D eigenvalue weighted by molar-refractivity contribution is -0.384. The molecule has 5 fully saturated rings. The number of nitro benzene ring substituents is 1. The van der Waals surface area contributed by atoms with Crippen LogP contribution in [0.15, 0.2) is 71.6 Å². The van der Waals surface area contributed by atoms with E-state index in [1.165, 1.54) is 36.2 Å². The second-order valence-electron chi connectivity index (χ2n) is 16.0. The van der Waals surface area contributed by atoms with Crippen molar-refractivity contribution >= 4 is 38.7 Å². The second kappa shape index (κ2) is 15.3. The van der Waals surface area contributed by atoms with Gasteiger partial charge in [0, 0.05) is 81.5 Å². The van der Waals surface area contributed by atoms with Crippen LogP contribution in [0.5, 0.6) is 0 Å². The minimum atomic E-state index is -4.37. The van der Waals surface area contributed by atoms with Crippen LogP contribution >= 0.6 is 0 Å². The molecule has 3 saturated carbocycles. The van der Waals surface area contributed by atoms with Gasteiger partial charge in [0.25, 0.3) is 21.6 Å². The molecule has 2 saturated heterocycles. The van der Waals surface area contributed by atoms with Gasteiger partial charge in [0.2, 0.25) is 0 Å². The Hall–Kier alpha value is -4.20. The van der Waals surface area contributed by atoms with Crippen molar-refractivity contribution in [3.05, 3.63) is 88.0 Å². The number of benzene rings is 3. The normalized spacial score (nSPS) is 24.5. The number of rotatable bonds is 12. The highest BCUT2D eigenvalue weighted by Gasteiger charge is 2.56. The first-order valence-corrected chi connectivity index (χ1v) is 20.5. The Morgan fingerprint density at radius 1 is 0.962 bits per heavy atom. The zero-order valence-corrected chi connectivity index (χ0v) is 31.7. The molecule has 3 aromatic rings. The molecule has 8 rings (SSSR count). The topological polar surface area (TPSA) is 146 Å². The molecule has 5 aliphatic rings. The average Bonchev–Trinajstić information content (AvgIpc) is 3.15. The van der Waals surface area contributed by atoms with Gasteiger partial charge < -0.3 is 20.3 Å². The van der Waals surface area contributed by atoms with Gasteiger partial charge in [-0.1, -0.05) is 39.0 Å². The number of nitrogens with zero attached hydrogens (tertiary/aromatic N) is 3. The van der Waals surface area contributed by atoms with Crippen LogP contribution in [-0.2, 0) is 21.3 Å². The lowest BCUT2D eigenvalue weighted by atomic mass is 9.45. The van der Waals surface area contributed by atoms with Crippen molar-refractivity contribution in [3.63, 3.8) is 0 Å². The van der Waals surface area contributed by atoms with E-state index in [1.54, 1.807) is 12.1 Å². The molecular formula is C40H52N6O6S.